The smallest absolute Gasteiger partial charge is 0.335 e. The Labute approximate surface area is 138 Å². The van der Waals surface area contributed by atoms with Crippen molar-refractivity contribution in [2.75, 3.05) is 5.01 Å². The fraction of sp³-hybridized carbons (Fsp3) is 0.167. The van der Waals surface area contributed by atoms with E-state index in [4.69, 9.17) is 0 Å². The molecule has 2 N–H and O–H groups in total. The Bertz CT molecular complexity index is 798. The molecule has 24 heavy (non-hydrogen) atoms. The molecule has 0 aliphatic carbocycles. The van der Waals surface area contributed by atoms with Crippen molar-refractivity contribution in [3.05, 3.63) is 65.2 Å². The van der Waals surface area contributed by atoms with Crippen LogP contribution in [-0.2, 0) is 0 Å². The molecule has 0 aromatic heterocycles. The Hall–Kier alpha value is -3.15. The number of hydrazone groups is 1. The highest BCUT2D eigenvalue weighted by molar-refractivity contribution is 5.96. The second-order valence-corrected chi connectivity index (χ2v) is 5.69. The van der Waals surface area contributed by atoms with Gasteiger partial charge in [0, 0.05) is 12.1 Å². The molecule has 2 aromatic carbocycles. The molecule has 1 aliphatic heterocycles. The van der Waals surface area contributed by atoms with Gasteiger partial charge in [0.15, 0.2) is 0 Å². The van der Waals surface area contributed by atoms with Crippen LogP contribution >= 0.6 is 0 Å². The van der Waals surface area contributed by atoms with Gasteiger partial charge in [-0.25, -0.2) is 9.59 Å². The number of rotatable bonds is 4. The maximum Gasteiger partial charge on any atom is 0.335 e. The van der Waals surface area contributed by atoms with Crippen LogP contribution in [0.1, 0.15) is 45.7 Å². The predicted molar refractivity (Wildman–Crippen MR) is 89.7 cm³/mol. The number of benzene rings is 2. The molecule has 3 rings (SSSR count). The van der Waals surface area contributed by atoms with Crippen molar-refractivity contribution in [1.82, 2.24) is 0 Å². The predicted octanol–water partition coefficient (Wildman–Crippen LogP) is 3.41. The van der Waals surface area contributed by atoms with Gasteiger partial charge in [0.1, 0.15) is 0 Å². The van der Waals surface area contributed by atoms with E-state index in [1.807, 2.05) is 37.3 Å². The number of carboxylic acids is 2. The van der Waals surface area contributed by atoms with Crippen molar-refractivity contribution in [2.24, 2.45) is 5.10 Å². The maximum absolute atomic E-state index is 11.3. The first-order valence-electron chi connectivity index (χ1n) is 7.45. The lowest BCUT2D eigenvalue weighted by Gasteiger charge is -2.24. The topological polar surface area (TPSA) is 90.2 Å². The zero-order valence-electron chi connectivity index (χ0n) is 13.0. The minimum absolute atomic E-state index is 0.0727. The average Bonchev–Trinajstić information content (AvgIpc) is 2.97. The zero-order valence-corrected chi connectivity index (χ0v) is 13.0. The van der Waals surface area contributed by atoms with Crippen molar-refractivity contribution < 1.29 is 19.8 Å². The Morgan fingerprint density at radius 2 is 1.62 bits per heavy atom. The minimum Gasteiger partial charge on any atom is -0.478 e. The number of nitrogens with zero attached hydrogens (tertiary/aromatic N) is 2. The van der Waals surface area contributed by atoms with Crippen LogP contribution in [0.3, 0.4) is 0 Å². The lowest BCUT2D eigenvalue weighted by atomic mass is 10.0. The SMILES string of the molecule is CC1=NN(c2cc(C(=O)O)cc(C(=O)O)c2)[C@H](c2ccccc2)C1. The number of anilines is 1. The van der Waals surface area contributed by atoms with Gasteiger partial charge in [-0.3, -0.25) is 5.01 Å². The van der Waals surface area contributed by atoms with E-state index >= 15 is 0 Å². The Kier molecular flexibility index (Phi) is 4.04. The van der Waals surface area contributed by atoms with E-state index in [0.717, 1.165) is 17.3 Å². The van der Waals surface area contributed by atoms with Crippen molar-refractivity contribution in [3.8, 4) is 0 Å². The molecule has 122 valence electrons. The quantitative estimate of drug-likeness (QED) is 0.899. The molecule has 1 atom stereocenters. The molecule has 0 amide bonds. The zero-order chi connectivity index (χ0) is 17.3. The van der Waals surface area contributed by atoms with Crippen LogP contribution in [0.5, 0.6) is 0 Å². The van der Waals surface area contributed by atoms with Gasteiger partial charge in [0.2, 0.25) is 0 Å². The summed E-state index contributed by atoms with van der Waals surface area (Å²) < 4.78 is 0. The second-order valence-electron chi connectivity index (χ2n) is 5.69. The van der Waals surface area contributed by atoms with E-state index in [1.54, 1.807) is 5.01 Å². The third-order valence-corrected chi connectivity index (χ3v) is 3.92. The molecule has 0 saturated heterocycles. The van der Waals surface area contributed by atoms with E-state index in [2.05, 4.69) is 5.10 Å². The fourth-order valence-electron chi connectivity index (χ4n) is 2.82. The molecule has 0 unspecified atom stereocenters. The summed E-state index contributed by atoms with van der Waals surface area (Å²) in [7, 11) is 0. The summed E-state index contributed by atoms with van der Waals surface area (Å²) in [6.45, 7) is 1.90. The molecule has 6 nitrogen and oxygen atoms in total. The maximum atomic E-state index is 11.3. The van der Waals surface area contributed by atoms with E-state index in [-0.39, 0.29) is 17.2 Å². The van der Waals surface area contributed by atoms with Crippen LogP contribution in [0.15, 0.2) is 53.6 Å². The molecule has 0 spiro atoms. The summed E-state index contributed by atoms with van der Waals surface area (Å²) in [6, 6.07) is 13.7. The number of carboxylic acid groups (broad SMARTS) is 2. The minimum atomic E-state index is -1.17. The summed E-state index contributed by atoms with van der Waals surface area (Å²) in [5, 5.41) is 24.7. The molecule has 1 heterocycles. The lowest BCUT2D eigenvalue weighted by Crippen LogP contribution is -2.19. The Morgan fingerprint density at radius 3 is 2.17 bits per heavy atom. The molecular formula is C18H16N2O4. The molecular weight excluding hydrogens is 308 g/mol. The monoisotopic (exact) mass is 324 g/mol. The van der Waals surface area contributed by atoms with Gasteiger partial charge in [-0.15, -0.1) is 0 Å². The summed E-state index contributed by atoms with van der Waals surface area (Å²) in [4.78, 5) is 22.6. The normalized spacial score (nSPS) is 16.8. The molecule has 0 bridgehead atoms. The van der Waals surface area contributed by atoms with Gasteiger partial charge in [-0.2, -0.15) is 5.10 Å². The number of hydrogen-bond donors (Lipinski definition) is 2. The Morgan fingerprint density at radius 1 is 1.04 bits per heavy atom. The summed E-state index contributed by atoms with van der Waals surface area (Å²) in [5.74, 6) is -2.34. The van der Waals surface area contributed by atoms with E-state index in [0.29, 0.717) is 12.1 Å². The number of hydrogen-bond acceptors (Lipinski definition) is 4. The summed E-state index contributed by atoms with van der Waals surface area (Å²) in [6.07, 6.45) is 0.698. The van der Waals surface area contributed by atoms with Gasteiger partial charge < -0.3 is 10.2 Å². The van der Waals surface area contributed by atoms with Crippen molar-refractivity contribution in [1.29, 1.82) is 0 Å². The van der Waals surface area contributed by atoms with Crippen LogP contribution in [-0.4, -0.2) is 27.9 Å². The van der Waals surface area contributed by atoms with Crippen LogP contribution in [0.2, 0.25) is 0 Å². The number of carbonyl (C=O) groups is 2. The van der Waals surface area contributed by atoms with Gasteiger partial charge in [0.25, 0.3) is 0 Å². The van der Waals surface area contributed by atoms with E-state index in [9.17, 15) is 19.8 Å². The lowest BCUT2D eigenvalue weighted by molar-refractivity contribution is 0.0696. The van der Waals surface area contributed by atoms with E-state index in [1.165, 1.54) is 12.1 Å². The van der Waals surface area contributed by atoms with Crippen LogP contribution in [0.4, 0.5) is 5.69 Å². The highest BCUT2D eigenvalue weighted by Gasteiger charge is 2.28. The van der Waals surface area contributed by atoms with Crippen LogP contribution < -0.4 is 5.01 Å². The third-order valence-electron chi connectivity index (χ3n) is 3.92. The first-order valence-corrected chi connectivity index (χ1v) is 7.45. The van der Waals surface area contributed by atoms with Crippen molar-refractivity contribution >= 4 is 23.3 Å². The van der Waals surface area contributed by atoms with Gasteiger partial charge in [0.05, 0.1) is 22.9 Å². The van der Waals surface area contributed by atoms with Crippen molar-refractivity contribution in [2.45, 2.75) is 19.4 Å². The molecule has 0 radical (unpaired) electrons. The van der Waals surface area contributed by atoms with Gasteiger partial charge >= 0.3 is 11.9 Å². The fourth-order valence-corrected chi connectivity index (χ4v) is 2.82. The first kappa shape index (κ1) is 15.7. The standard InChI is InChI=1S/C18H16N2O4/c1-11-7-16(12-5-3-2-4-6-12)20(19-11)15-9-13(17(21)22)8-14(10-15)18(23)24/h2-6,8-10,16H,7H2,1H3,(H,21,22)(H,23,24)/t16-/m0/s1. The molecule has 1 aliphatic rings. The third kappa shape index (κ3) is 2.99. The van der Waals surface area contributed by atoms with Crippen molar-refractivity contribution in [3.63, 3.8) is 0 Å². The summed E-state index contributed by atoms with van der Waals surface area (Å²) >= 11 is 0. The largest absolute Gasteiger partial charge is 0.478 e. The second kappa shape index (κ2) is 6.16. The highest BCUT2D eigenvalue weighted by Crippen LogP contribution is 2.36. The van der Waals surface area contributed by atoms with Gasteiger partial charge in [-0.05, 0) is 30.7 Å². The molecule has 2 aromatic rings. The number of aromatic carboxylic acids is 2. The first-order chi connectivity index (χ1) is 11.5. The molecule has 6 heteroatoms. The van der Waals surface area contributed by atoms with Crippen LogP contribution in [0, 0.1) is 0 Å². The average molecular weight is 324 g/mol. The summed E-state index contributed by atoms with van der Waals surface area (Å²) in [5.41, 5.74) is 2.25. The van der Waals surface area contributed by atoms with Crippen LogP contribution in [0.25, 0.3) is 0 Å². The Balaban J connectivity index is 2.08. The highest BCUT2D eigenvalue weighted by atomic mass is 16.4. The molecule has 0 fully saturated rings. The molecule has 0 saturated carbocycles. The van der Waals surface area contributed by atoms with Gasteiger partial charge in [-0.1, -0.05) is 30.3 Å². The van der Waals surface area contributed by atoms with E-state index < -0.39 is 11.9 Å².